The molecule has 5 nitrogen and oxygen atoms in total. The van der Waals surface area contributed by atoms with Gasteiger partial charge in [-0.05, 0) is 19.1 Å². The normalized spacial score (nSPS) is 13.7. The van der Waals surface area contributed by atoms with E-state index in [0.29, 0.717) is 6.54 Å². The number of nitrogens with one attached hydrogen (secondary N) is 1. The molecule has 2 aromatic heterocycles. The van der Waals surface area contributed by atoms with Gasteiger partial charge in [-0.2, -0.15) is 0 Å². The van der Waals surface area contributed by atoms with E-state index in [0.717, 1.165) is 22.8 Å². The van der Waals surface area contributed by atoms with Crippen LogP contribution in [0.25, 0.3) is 11.4 Å². The third-order valence-corrected chi connectivity index (χ3v) is 4.23. The van der Waals surface area contributed by atoms with Crippen molar-refractivity contribution in [2.45, 2.75) is 26.3 Å². The monoisotopic (exact) mass is 304 g/mol. The highest BCUT2D eigenvalue weighted by atomic mass is 32.1. The first kappa shape index (κ1) is 15.6. The molecule has 2 aromatic rings. The van der Waals surface area contributed by atoms with Crippen LogP contribution in [0.15, 0.2) is 29.8 Å². The standard InChI is InChI=1S/C15H20N4OS/c1-10(11(2)16)15(20)18-8-6-14-19-13(9-21-14)12-5-3-4-7-17-12/h3-5,7,9-11H,6,8,16H2,1-2H3,(H,18,20). The number of carbonyl (C=O) groups is 1. The van der Waals surface area contributed by atoms with Crippen LogP contribution in [0, 0.1) is 5.92 Å². The van der Waals surface area contributed by atoms with E-state index in [9.17, 15) is 4.79 Å². The number of carbonyl (C=O) groups excluding carboxylic acids is 1. The Labute approximate surface area is 128 Å². The van der Waals surface area contributed by atoms with Gasteiger partial charge >= 0.3 is 0 Å². The molecule has 0 radical (unpaired) electrons. The second kappa shape index (κ2) is 7.28. The number of hydrogen-bond donors (Lipinski definition) is 2. The number of rotatable bonds is 6. The number of thiazole rings is 1. The Bertz CT molecular complexity index is 582. The molecule has 112 valence electrons. The zero-order chi connectivity index (χ0) is 15.2. The van der Waals surface area contributed by atoms with E-state index in [1.807, 2.05) is 37.4 Å². The molecule has 2 atom stereocenters. The predicted molar refractivity (Wildman–Crippen MR) is 84.9 cm³/mol. The Kier molecular flexibility index (Phi) is 5.41. The minimum Gasteiger partial charge on any atom is -0.355 e. The third kappa shape index (κ3) is 4.34. The predicted octanol–water partition coefficient (Wildman–Crippen LogP) is 1.85. The summed E-state index contributed by atoms with van der Waals surface area (Å²) in [5.41, 5.74) is 7.46. The van der Waals surface area contributed by atoms with Crippen LogP contribution in [0.3, 0.4) is 0 Å². The van der Waals surface area contributed by atoms with Crippen LogP contribution in [0.1, 0.15) is 18.9 Å². The maximum atomic E-state index is 11.8. The molecule has 1 amide bonds. The Morgan fingerprint density at radius 2 is 2.19 bits per heavy atom. The van der Waals surface area contributed by atoms with Gasteiger partial charge < -0.3 is 11.1 Å². The molecule has 0 aliphatic rings. The van der Waals surface area contributed by atoms with E-state index in [2.05, 4.69) is 15.3 Å². The van der Waals surface area contributed by atoms with Crippen molar-refractivity contribution in [2.24, 2.45) is 11.7 Å². The molecule has 0 saturated carbocycles. The minimum absolute atomic E-state index is 0.00787. The Morgan fingerprint density at radius 1 is 1.38 bits per heavy atom. The van der Waals surface area contributed by atoms with Gasteiger partial charge in [0.05, 0.1) is 16.4 Å². The van der Waals surface area contributed by atoms with E-state index < -0.39 is 0 Å². The van der Waals surface area contributed by atoms with Crippen molar-refractivity contribution < 1.29 is 4.79 Å². The topological polar surface area (TPSA) is 80.9 Å². The van der Waals surface area contributed by atoms with E-state index in [4.69, 9.17) is 5.73 Å². The molecule has 3 N–H and O–H groups in total. The third-order valence-electron chi connectivity index (χ3n) is 3.32. The number of aromatic nitrogens is 2. The van der Waals surface area contributed by atoms with Gasteiger partial charge in [0.15, 0.2) is 0 Å². The summed E-state index contributed by atoms with van der Waals surface area (Å²) in [5.74, 6) is -0.183. The highest BCUT2D eigenvalue weighted by Gasteiger charge is 2.16. The zero-order valence-corrected chi connectivity index (χ0v) is 13.1. The van der Waals surface area contributed by atoms with Crippen molar-refractivity contribution in [3.63, 3.8) is 0 Å². The average molecular weight is 304 g/mol. The van der Waals surface area contributed by atoms with Crippen LogP contribution < -0.4 is 11.1 Å². The summed E-state index contributed by atoms with van der Waals surface area (Å²) in [7, 11) is 0. The van der Waals surface area contributed by atoms with Crippen LogP contribution in [-0.2, 0) is 11.2 Å². The summed E-state index contributed by atoms with van der Waals surface area (Å²) in [6, 6.07) is 5.62. The summed E-state index contributed by atoms with van der Waals surface area (Å²) in [4.78, 5) is 20.6. The lowest BCUT2D eigenvalue weighted by Crippen LogP contribution is -2.39. The number of nitrogens with zero attached hydrogens (tertiary/aromatic N) is 2. The second-order valence-electron chi connectivity index (χ2n) is 5.03. The van der Waals surface area contributed by atoms with Crippen LogP contribution in [0.5, 0.6) is 0 Å². The Morgan fingerprint density at radius 3 is 2.86 bits per heavy atom. The van der Waals surface area contributed by atoms with Crippen molar-refractivity contribution in [3.05, 3.63) is 34.8 Å². The van der Waals surface area contributed by atoms with E-state index >= 15 is 0 Å². The molecule has 2 unspecified atom stereocenters. The van der Waals surface area contributed by atoms with Gasteiger partial charge in [0.2, 0.25) is 5.91 Å². The van der Waals surface area contributed by atoms with Crippen molar-refractivity contribution >= 4 is 17.2 Å². The van der Waals surface area contributed by atoms with Gasteiger partial charge in [-0.1, -0.05) is 13.0 Å². The van der Waals surface area contributed by atoms with Gasteiger partial charge in [-0.25, -0.2) is 4.98 Å². The highest BCUT2D eigenvalue weighted by Crippen LogP contribution is 2.19. The Hall–Kier alpha value is -1.79. The molecule has 0 fully saturated rings. The van der Waals surface area contributed by atoms with Crippen molar-refractivity contribution in [1.29, 1.82) is 0 Å². The van der Waals surface area contributed by atoms with Crippen LogP contribution in [-0.4, -0.2) is 28.5 Å². The van der Waals surface area contributed by atoms with Gasteiger partial charge in [0.25, 0.3) is 0 Å². The summed E-state index contributed by atoms with van der Waals surface area (Å²) in [5, 5.41) is 5.87. The fourth-order valence-corrected chi connectivity index (χ4v) is 2.54. The first-order chi connectivity index (χ1) is 10.1. The lowest BCUT2D eigenvalue weighted by Gasteiger charge is -2.14. The number of hydrogen-bond acceptors (Lipinski definition) is 5. The minimum atomic E-state index is -0.176. The summed E-state index contributed by atoms with van der Waals surface area (Å²) < 4.78 is 0. The molecule has 6 heteroatoms. The van der Waals surface area contributed by atoms with Crippen molar-refractivity contribution in [1.82, 2.24) is 15.3 Å². The van der Waals surface area contributed by atoms with Crippen LogP contribution in [0.4, 0.5) is 0 Å². The molecule has 0 aromatic carbocycles. The maximum absolute atomic E-state index is 11.8. The quantitative estimate of drug-likeness (QED) is 0.853. The lowest BCUT2D eigenvalue weighted by molar-refractivity contribution is -0.124. The molecule has 2 rings (SSSR count). The van der Waals surface area contributed by atoms with E-state index in [1.165, 1.54) is 0 Å². The van der Waals surface area contributed by atoms with Gasteiger partial charge in [0, 0.05) is 36.5 Å². The summed E-state index contributed by atoms with van der Waals surface area (Å²) in [6.07, 6.45) is 2.47. The van der Waals surface area contributed by atoms with Crippen LogP contribution in [0.2, 0.25) is 0 Å². The molecular weight excluding hydrogens is 284 g/mol. The number of pyridine rings is 1. The molecule has 0 aliphatic heterocycles. The molecular formula is C15H20N4OS. The fourth-order valence-electron chi connectivity index (χ4n) is 1.75. The second-order valence-corrected chi connectivity index (χ2v) is 5.97. The van der Waals surface area contributed by atoms with Gasteiger partial charge in [-0.3, -0.25) is 9.78 Å². The molecule has 2 heterocycles. The maximum Gasteiger partial charge on any atom is 0.224 e. The van der Waals surface area contributed by atoms with E-state index in [-0.39, 0.29) is 17.9 Å². The lowest BCUT2D eigenvalue weighted by atomic mass is 10.0. The number of nitrogens with two attached hydrogens (primary N) is 1. The molecule has 0 aliphatic carbocycles. The number of amides is 1. The van der Waals surface area contributed by atoms with Crippen LogP contribution >= 0.6 is 11.3 Å². The first-order valence-electron chi connectivity index (χ1n) is 6.97. The summed E-state index contributed by atoms with van der Waals surface area (Å²) in [6.45, 7) is 4.25. The molecule has 0 bridgehead atoms. The summed E-state index contributed by atoms with van der Waals surface area (Å²) >= 11 is 1.58. The fraction of sp³-hybridized carbons (Fsp3) is 0.400. The van der Waals surface area contributed by atoms with Gasteiger partial charge in [-0.15, -0.1) is 11.3 Å². The average Bonchev–Trinajstić information content (AvgIpc) is 2.96. The smallest absolute Gasteiger partial charge is 0.224 e. The van der Waals surface area contributed by atoms with Crippen molar-refractivity contribution in [3.8, 4) is 11.4 Å². The first-order valence-corrected chi connectivity index (χ1v) is 7.85. The molecule has 0 saturated heterocycles. The SMILES string of the molecule is CC(N)C(C)C(=O)NCCc1nc(-c2ccccn2)cs1. The largest absolute Gasteiger partial charge is 0.355 e. The molecule has 0 spiro atoms. The molecule has 21 heavy (non-hydrogen) atoms. The highest BCUT2D eigenvalue weighted by molar-refractivity contribution is 7.09. The van der Waals surface area contributed by atoms with Crippen molar-refractivity contribution in [2.75, 3.05) is 6.54 Å². The zero-order valence-electron chi connectivity index (χ0n) is 12.2. The van der Waals surface area contributed by atoms with E-state index in [1.54, 1.807) is 17.5 Å². The van der Waals surface area contributed by atoms with Gasteiger partial charge in [0.1, 0.15) is 0 Å². The Balaban J connectivity index is 1.85.